The van der Waals surface area contributed by atoms with E-state index >= 15 is 0 Å². The summed E-state index contributed by atoms with van der Waals surface area (Å²) in [6, 6.07) is -0.877. The predicted octanol–water partition coefficient (Wildman–Crippen LogP) is 16.6. The fraction of sp³-hybridized carbons (Fsp3) is 0.930. The van der Waals surface area contributed by atoms with E-state index in [1.165, 1.54) is 199 Å². The Morgan fingerprint density at radius 2 is 0.851 bits per heavy atom. The lowest BCUT2D eigenvalue weighted by molar-refractivity contribution is -0.870. The van der Waals surface area contributed by atoms with E-state index in [4.69, 9.17) is 13.8 Å². The monoisotopic (exact) mass is 969 g/mol. The lowest BCUT2D eigenvalue weighted by atomic mass is 10.0. The molecule has 0 radical (unpaired) electrons. The van der Waals surface area contributed by atoms with Crippen LogP contribution in [0.3, 0.4) is 0 Å². The maximum atomic E-state index is 13.5. The first-order valence-electron chi connectivity index (χ1n) is 29.0. The Labute approximate surface area is 416 Å². The van der Waals surface area contributed by atoms with Crippen molar-refractivity contribution in [1.29, 1.82) is 0 Å². The molecule has 0 aromatic rings. The van der Waals surface area contributed by atoms with Gasteiger partial charge in [0, 0.05) is 12.8 Å². The van der Waals surface area contributed by atoms with Gasteiger partial charge in [0.2, 0.25) is 5.91 Å². The van der Waals surface area contributed by atoms with Crippen LogP contribution in [0.1, 0.15) is 290 Å². The molecule has 398 valence electrons. The lowest BCUT2D eigenvalue weighted by Gasteiger charge is -2.30. The highest BCUT2D eigenvalue weighted by molar-refractivity contribution is 7.45. The summed E-state index contributed by atoms with van der Waals surface area (Å²) < 4.78 is 30.2. The number of nitrogens with one attached hydrogen (secondary N) is 1. The number of unbranched alkanes of at least 4 members (excludes halogenated alkanes) is 37. The number of carbonyl (C=O) groups is 2. The molecule has 9 nitrogen and oxygen atoms in total. The van der Waals surface area contributed by atoms with Crippen molar-refractivity contribution in [1.82, 2.24) is 5.32 Å². The molecule has 1 amide bonds. The minimum absolute atomic E-state index is 0.0171. The largest absolute Gasteiger partial charge is 0.756 e. The van der Waals surface area contributed by atoms with Crippen molar-refractivity contribution < 1.29 is 37.3 Å². The van der Waals surface area contributed by atoms with Crippen LogP contribution >= 0.6 is 7.82 Å². The fourth-order valence-electron chi connectivity index (χ4n) is 8.70. The molecule has 3 atom stereocenters. The summed E-state index contributed by atoms with van der Waals surface area (Å²) in [6.45, 7) is 6.86. The summed E-state index contributed by atoms with van der Waals surface area (Å²) in [7, 11) is 1.20. The van der Waals surface area contributed by atoms with Crippen LogP contribution in [0.4, 0.5) is 0 Å². The van der Waals surface area contributed by atoms with Crippen LogP contribution in [0, 0.1) is 0 Å². The summed E-state index contributed by atoms with van der Waals surface area (Å²) >= 11 is 0. The third kappa shape index (κ3) is 49.5. The average Bonchev–Trinajstić information content (AvgIpc) is 3.28. The van der Waals surface area contributed by atoms with Crippen molar-refractivity contribution in [2.24, 2.45) is 0 Å². The molecule has 1 N–H and O–H groups in total. The molecule has 0 fully saturated rings. The topological polar surface area (TPSA) is 114 Å². The standard InChI is InChI=1S/C57H113N2O7P/c1-7-10-13-16-19-22-25-26-27-28-29-30-31-32-35-37-40-43-46-49-56(60)58-54(53-65-67(62,63)64-52-51-59(4,5)6)55(48-45-42-39-36-33-23-20-17-14-11-8-2)66-57(61)50-47-44-41-38-34-24-21-18-15-12-9-3/h45,48,54-55H,7-44,46-47,49-53H2,1-6H3,(H-,58,60,62,63)/b48-45+. The number of likely N-dealkylation sites (N-methyl/N-ethyl adjacent to an activating group) is 1. The Hall–Kier alpha value is -1.25. The van der Waals surface area contributed by atoms with Gasteiger partial charge in [0.15, 0.2) is 0 Å². The van der Waals surface area contributed by atoms with Crippen LogP contribution in [0.15, 0.2) is 12.2 Å². The highest BCUT2D eigenvalue weighted by Gasteiger charge is 2.27. The number of carbonyl (C=O) groups excluding carboxylic acids is 2. The van der Waals surface area contributed by atoms with Crippen LogP contribution < -0.4 is 10.2 Å². The molecule has 0 aromatic heterocycles. The summed E-state index contributed by atoms with van der Waals surface area (Å²) in [5.41, 5.74) is 0. The quantitative estimate of drug-likeness (QED) is 0.0212. The molecular weight excluding hydrogens is 856 g/mol. The number of phosphoric ester groups is 1. The molecule has 0 aliphatic heterocycles. The van der Waals surface area contributed by atoms with Crippen molar-refractivity contribution in [2.75, 3.05) is 40.9 Å². The molecular formula is C57H113N2O7P. The Morgan fingerprint density at radius 3 is 1.22 bits per heavy atom. The zero-order chi connectivity index (χ0) is 49.4. The third-order valence-corrected chi connectivity index (χ3v) is 14.2. The van der Waals surface area contributed by atoms with E-state index in [0.29, 0.717) is 17.4 Å². The summed E-state index contributed by atoms with van der Waals surface area (Å²) in [6.07, 6.45) is 53.2. The van der Waals surface area contributed by atoms with Crippen molar-refractivity contribution in [2.45, 2.75) is 303 Å². The number of phosphoric acid groups is 1. The van der Waals surface area contributed by atoms with E-state index in [2.05, 4.69) is 26.1 Å². The van der Waals surface area contributed by atoms with Gasteiger partial charge in [-0.2, -0.15) is 0 Å². The van der Waals surface area contributed by atoms with Gasteiger partial charge in [0.1, 0.15) is 19.3 Å². The van der Waals surface area contributed by atoms with Crippen LogP contribution in [0.2, 0.25) is 0 Å². The number of amides is 1. The third-order valence-electron chi connectivity index (χ3n) is 13.2. The number of hydrogen-bond acceptors (Lipinski definition) is 7. The second kappa shape index (κ2) is 48.4. The maximum Gasteiger partial charge on any atom is 0.306 e. The summed E-state index contributed by atoms with van der Waals surface area (Å²) in [5, 5.41) is 3.02. The SMILES string of the molecule is CCCCCCCCCCC/C=C/C(OC(=O)CCCCCCCCCCCCC)C(COP(=O)([O-])OCC[N+](C)(C)C)NC(=O)CCCCCCCCCCCCCCCCCCCCC. The van der Waals surface area contributed by atoms with E-state index in [9.17, 15) is 19.0 Å². The van der Waals surface area contributed by atoms with E-state index in [-0.39, 0.29) is 31.5 Å². The molecule has 67 heavy (non-hydrogen) atoms. The van der Waals surface area contributed by atoms with Gasteiger partial charge in [-0.1, -0.05) is 258 Å². The van der Waals surface area contributed by atoms with Gasteiger partial charge in [-0.15, -0.1) is 0 Å². The molecule has 0 saturated heterocycles. The number of ether oxygens (including phenoxy) is 1. The molecule has 0 saturated carbocycles. The molecule has 0 heterocycles. The molecule has 3 unspecified atom stereocenters. The number of hydrogen-bond donors (Lipinski definition) is 1. The van der Waals surface area contributed by atoms with Crippen molar-refractivity contribution >= 4 is 19.7 Å². The summed E-state index contributed by atoms with van der Waals surface area (Å²) in [5.74, 6) is -0.526. The molecule has 10 heteroatoms. The predicted molar refractivity (Wildman–Crippen MR) is 284 cm³/mol. The zero-order valence-corrected chi connectivity index (χ0v) is 46.3. The minimum atomic E-state index is -4.68. The van der Waals surface area contributed by atoms with Gasteiger partial charge in [0.05, 0.1) is 33.8 Å². The normalized spacial score (nSPS) is 13.8. The molecule has 0 bridgehead atoms. The first-order chi connectivity index (χ1) is 32.4. The smallest absolute Gasteiger partial charge is 0.306 e. The van der Waals surface area contributed by atoms with Crippen molar-refractivity contribution in [3.63, 3.8) is 0 Å². The first kappa shape index (κ1) is 65.8. The second-order valence-corrected chi connectivity index (χ2v) is 22.6. The van der Waals surface area contributed by atoms with Gasteiger partial charge in [-0.3, -0.25) is 14.2 Å². The second-order valence-electron chi connectivity index (χ2n) is 21.2. The van der Waals surface area contributed by atoms with Crippen LogP contribution in [-0.4, -0.2) is 69.4 Å². The Balaban J connectivity index is 5.19. The molecule has 0 aliphatic carbocycles. The fourth-order valence-corrected chi connectivity index (χ4v) is 9.42. The summed E-state index contributed by atoms with van der Waals surface area (Å²) in [4.78, 5) is 39.8. The Morgan fingerprint density at radius 1 is 0.507 bits per heavy atom. The Bertz CT molecular complexity index is 1160. The highest BCUT2D eigenvalue weighted by atomic mass is 31.2. The number of rotatable bonds is 53. The van der Waals surface area contributed by atoms with Crippen molar-refractivity contribution in [3.8, 4) is 0 Å². The average molecular weight is 970 g/mol. The molecule has 0 aliphatic rings. The first-order valence-corrected chi connectivity index (χ1v) is 30.5. The Kier molecular flexibility index (Phi) is 47.5. The van der Waals surface area contributed by atoms with E-state index in [0.717, 1.165) is 57.8 Å². The number of nitrogens with zero attached hydrogens (tertiary/aromatic N) is 1. The van der Waals surface area contributed by atoms with Crippen molar-refractivity contribution in [3.05, 3.63) is 12.2 Å². The van der Waals surface area contributed by atoms with E-state index in [1.807, 2.05) is 33.3 Å². The lowest BCUT2D eigenvalue weighted by Crippen LogP contribution is -2.47. The van der Waals surface area contributed by atoms with E-state index < -0.39 is 20.0 Å². The van der Waals surface area contributed by atoms with Gasteiger partial charge < -0.3 is 28.5 Å². The number of allylic oxidation sites excluding steroid dienone is 1. The number of quaternary nitrogens is 1. The van der Waals surface area contributed by atoms with Crippen LogP contribution in [-0.2, 0) is 27.9 Å². The minimum Gasteiger partial charge on any atom is -0.756 e. The molecule has 0 aromatic carbocycles. The van der Waals surface area contributed by atoms with Crippen LogP contribution in [0.25, 0.3) is 0 Å². The number of esters is 1. The highest BCUT2D eigenvalue weighted by Crippen LogP contribution is 2.38. The molecule has 0 rings (SSSR count). The van der Waals surface area contributed by atoms with Gasteiger partial charge >= 0.3 is 5.97 Å². The molecule has 0 spiro atoms. The van der Waals surface area contributed by atoms with Gasteiger partial charge in [-0.25, -0.2) is 0 Å². The van der Waals surface area contributed by atoms with Crippen LogP contribution in [0.5, 0.6) is 0 Å². The zero-order valence-electron chi connectivity index (χ0n) is 45.4. The maximum absolute atomic E-state index is 13.5. The van der Waals surface area contributed by atoms with Gasteiger partial charge in [0.25, 0.3) is 7.82 Å². The van der Waals surface area contributed by atoms with Gasteiger partial charge in [-0.05, 0) is 31.8 Å². The van der Waals surface area contributed by atoms with E-state index in [1.54, 1.807) is 0 Å².